The molecular formula is C23H18BrNO3S. The van der Waals surface area contributed by atoms with E-state index in [1.807, 2.05) is 37.3 Å². The molecule has 0 aliphatic rings. The van der Waals surface area contributed by atoms with E-state index in [-0.39, 0.29) is 9.80 Å². The number of hydrogen-bond donors (Lipinski definition) is 0. The van der Waals surface area contributed by atoms with Crippen molar-refractivity contribution in [3.8, 4) is 11.8 Å². The van der Waals surface area contributed by atoms with Crippen LogP contribution in [0.3, 0.4) is 0 Å². The number of hydrogen-bond acceptors (Lipinski definition) is 4. The highest BCUT2D eigenvalue weighted by Gasteiger charge is 2.21. The van der Waals surface area contributed by atoms with Crippen LogP contribution in [-0.4, -0.2) is 8.42 Å². The maximum Gasteiger partial charge on any atom is 0.216 e. The zero-order valence-corrected chi connectivity index (χ0v) is 18.1. The topological polar surface area (TPSA) is 67.2 Å². The standard InChI is InChI=1S/C23H18BrNO3S/c1-17-6-12-21(13-7-17)29(26,27)22(15-25)14-19-4-2-3-5-23(19)28-16-18-8-10-20(24)11-9-18/h2-14H,16H2,1H3. The highest BCUT2D eigenvalue weighted by molar-refractivity contribution is 9.10. The molecule has 0 radical (unpaired) electrons. The van der Waals surface area contributed by atoms with Gasteiger partial charge in [0, 0.05) is 10.0 Å². The minimum absolute atomic E-state index is 0.0872. The summed E-state index contributed by atoms with van der Waals surface area (Å²) >= 11 is 3.39. The number of sulfone groups is 1. The molecule has 0 bridgehead atoms. The van der Waals surface area contributed by atoms with Gasteiger partial charge in [0.2, 0.25) is 9.84 Å². The summed E-state index contributed by atoms with van der Waals surface area (Å²) in [5.74, 6) is 0.502. The van der Waals surface area contributed by atoms with Crippen LogP contribution in [0, 0.1) is 18.3 Å². The van der Waals surface area contributed by atoms with E-state index >= 15 is 0 Å². The summed E-state index contributed by atoms with van der Waals surface area (Å²) in [6.07, 6.45) is 1.35. The Morgan fingerprint density at radius 3 is 2.34 bits per heavy atom. The van der Waals surface area contributed by atoms with Gasteiger partial charge in [0.05, 0.1) is 4.90 Å². The van der Waals surface area contributed by atoms with E-state index in [0.29, 0.717) is 17.9 Å². The van der Waals surface area contributed by atoms with Crippen LogP contribution < -0.4 is 4.74 Å². The first-order chi connectivity index (χ1) is 13.9. The molecule has 3 rings (SSSR count). The van der Waals surface area contributed by atoms with Crippen molar-refractivity contribution < 1.29 is 13.2 Å². The Balaban J connectivity index is 1.91. The average Bonchev–Trinajstić information content (AvgIpc) is 2.72. The van der Waals surface area contributed by atoms with Gasteiger partial charge in [-0.25, -0.2) is 8.42 Å². The van der Waals surface area contributed by atoms with Gasteiger partial charge in [-0.1, -0.05) is 64.0 Å². The molecule has 0 saturated heterocycles. The monoisotopic (exact) mass is 467 g/mol. The van der Waals surface area contributed by atoms with Crippen molar-refractivity contribution in [1.82, 2.24) is 0 Å². The van der Waals surface area contributed by atoms with Crippen LogP contribution in [0.4, 0.5) is 0 Å². The Hall–Kier alpha value is -2.88. The lowest BCUT2D eigenvalue weighted by Crippen LogP contribution is -2.04. The van der Waals surface area contributed by atoms with E-state index in [2.05, 4.69) is 15.9 Å². The van der Waals surface area contributed by atoms with Crippen LogP contribution in [0.15, 0.2) is 87.1 Å². The maximum absolute atomic E-state index is 12.9. The van der Waals surface area contributed by atoms with Crippen LogP contribution >= 0.6 is 15.9 Å². The molecule has 0 spiro atoms. The molecule has 0 aliphatic heterocycles. The molecule has 0 fully saturated rings. The smallest absolute Gasteiger partial charge is 0.216 e. The van der Waals surface area contributed by atoms with Gasteiger partial charge in [-0.3, -0.25) is 0 Å². The van der Waals surface area contributed by atoms with E-state index in [1.54, 1.807) is 36.4 Å². The quantitative estimate of drug-likeness (QED) is 0.437. The summed E-state index contributed by atoms with van der Waals surface area (Å²) in [5, 5.41) is 9.52. The van der Waals surface area contributed by atoms with Crippen molar-refractivity contribution in [3.63, 3.8) is 0 Å². The minimum atomic E-state index is -3.92. The Morgan fingerprint density at radius 1 is 1.03 bits per heavy atom. The predicted molar refractivity (Wildman–Crippen MR) is 117 cm³/mol. The molecule has 0 aromatic heterocycles. The highest BCUT2D eigenvalue weighted by atomic mass is 79.9. The fraction of sp³-hybridized carbons (Fsp3) is 0.0870. The Kier molecular flexibility index (Phi) is 6.53. The molecule has 3 aromatic rings. The second kappa shape index (κ2) is 9.08. The number of nitrogens with zero attached hydrogens (tertiary/aromatic N) is 1. The summed E-state index contributed by atoms with van der Waals surface area (Å²) in [7, 11) is -3.92. The third-order valence-electron chi connectivity index (χ3n) is 4.24. The van der Waals surface area contributed by atoms with Gasteiger partial charge in [0.1, 0.15) is 23.3 Å². The van der Waals surface area contributed by atoms with Crippen molar-refractivity contribution in [2.45, 2.75) is 18.4 Å². The van der Waals surface area contributed by atoms with Gasteiger partial charge in [0.15, 0.2) is 0 Å². The SMILES string of the molecule is Cc1ccc(S(=O)(=O)C(C#N)=Cc2ccccc2OCc2ccc(Br)cc2)cc1. The van der Waals surface area contributed by atoms with Crippen molar-refractivity contribution in [1.29, 1.82) is 5.26 Å². The summed E-state index contributed by atoms with van der Waals surface area (Å²) < 4.78 is 32.6. The van der Waals surface area contributed by atoms with Crippen LogP contribution in [0.5, 0.6) is 5.75 Å². The van der Waals surface area contributed by atoms with Crippen molar-refractivity contribution >= 4 is 31.8 Å². The predicted octanol–water partition coefficient (Wildman–Crippen LogP) is 5.67. The molecule has 0 aliphatic carbocycles. The first kappa shape index (κ1) is 20.8. The Morgan fingerprint density at radius 2 is 1.69 bits per heavy atom. The van der Waals surface area contributed by atoms with Gasteiger partial charge in [0.25, 0.3) is 0 Å². The second-order valence-electron chi connectivity index (χ2n) is 6.39. The van der Waals surface area contributed by atoms with Crippen molar-refractivity contribution in [3.05, 3.63) is 98.9 Å². The molecule has 3 aromatic carbocycles. The Labute approximate surface area is 179 Å². The summed E-state index contributed by atoms with van der Waals surface area (Å²) in [6, 6.07) is 23.0. The summed E-state index contributed by atoms with van der Waals surface area (Å²) in [6.45, 7) is 2.20. The molecule has 146 valence electrons. The van der Waals surface area contributed by atoms with Crippen molar-refractivity contribution in [2.75, 3.05) is 0 Å². The van der Waals surface area contributed by atoms with Gasteiger partial charge in [-0.15, -0.1) is 0 Å². The summed E-state index contributed by atoms with van der Waals surface area (Å²) in [4.78, 5) is -0.245. The molecule has 29 heavy (non-hydrogen) atoms. The summed E-state index contributed by atoms with van der Waals surface area (Å²) in [5.41, 5.74) is 2.44. The average molecular weight is 468 g/mol. The molecular weight excluding hydrogens is 450 g/mol. The van der Waals surface area contributed by atoms with E-state index in [1.165, 1.54) is 18.2 Å². The number of halogens is 1. The lowest BCUT2D eigenvalue weighted by Gasteiger charge is -2.10. The van der Waals surface area contributed by atoms with Crippen molar-refractivity contribution in [2.24, 2.45) is 0 Å². The molecule has 0 unspecified atom stereocenters. The molecule has 0 N–H and O–H groups in total. The molecule has 4 nitrogen and oxygen atoms in total. The fourth-order valence-electron chi connectivity index (χ4n) is 2.63. The zero-order valence-electron chi connectivity index (χ0n) is 15.7. The zero-order chi connectivity index (χ0) is 20.9. The van der Waals surface area contributed by atoms with Gasteiger partial charge >= 0.3 is 0 Å². The number of rotatable bonds is 6. The largest absolute Gasteiger partial charge is 0.488 e. The third kappa shape index (κ3) is 5.14. The second-order valence-corrected chi connectivity index (χ2v) is 9.22. The number of benzene rings is 3. The first-order valence-corrected chi connectivity index (χ1v) is 11.1. The number of aryl methyl sites for hydroxylation is 1. The van der Waals surface area contributed by atoms with Gasteiger partial charge in [-0.05, 0) is 48.9 Å². The normalized spacial score (nSPS) is 11.7. The fourth-order valence-corrected chi connectivity index (χ4v) is 4.04. The maximum atomic E-state index is 12.9. The van der Waals surface area contributed by atoms with Crippen LogP contribution in [0.2, 0.25) is 0 Å². The van der Waals surface area contributed by atoms with E-state index in [9.17, 15) is 13.7 Å². The molecule has 0 amide bonds. The number of ether oxygens (including phenoxy) is 1. The van der Waals surface area contributed by atoms with E-state index in [0.717, 1.165) is 15.6 Å². The van der Waals surface area contributed by atoms with Crippen LogP contribution in [0.1, 0.15) is 16.7 Å². The number of nitriles is 1. The number of para-hydroxylation sites is 1. The lowest BCUT2D eigenvalue weighted by atomic mass is 10.2. The van der Waals surface area contributed by atoms with E-state index < -0.39 is 9.84 Å². The minimum Gasteiger partial charge on any atom is -0.488 e. The lowest BCUT2D eigenvalue weighted by molar-refractivity contribution is 0.305. The Bertz CT molecular complexity index is 1180. The van der Waals surface area contributed by atoms with Crippen LogP contribution in [0.25, 0.3) is 6.08 Å². The van der Waals surface area contributed by atoms with E-state index in [4.69, 9.17) is 4.74 Å². The first-order valence-electron chi connectivity index (χ1n) is 8.80. The van der Waals surface area contributed by atoms with Gasteiger partial charge in [-0.2, -0.15) is 5.26 Å². The van der Waals surface area contributed by atoms with Crippen LogP contribution in [-0.2, 0) is 16.4 Å². The molecule has 0 atom stereocenters. The molecule has 6 heteroatoms. The number of allylic oxidation sites excluding steroid dienone is 1. The third-order valence-corrected chi connectivity index (χ3v) is 6.45. The molecule has 0 saturated carbocycles. The van der Waals surface area contributed by atoms with Gasteiger partial charge < -0.3 is 4.74 Å². The highest BCUT2D eigenvalue weighted by Crippen LogP contribution is 2.26. The molecule has 0 heterocycles.